The SMILES string of the molecule is CC(C)NCc1noc(-c2csc(I)c2)n1. The number of halogens is 1. The van der Waals surface area contributed by atoms with Crippen LogP contribution in [0.4, 0.5) is 0 Å². The Balaban J connectivity index is 2.07. The van der Waals surface area contributed by atoms with Crippen molar-refractivity contribution in [1.82, 2.24) is 15.5 Å². The van der Waals surface area contributed by atoms with Crippen LogP contribution >= 0.6 is 33.9 Å². The Hall–Kier alpha value is -0.470. The molecule has 0 spiro atoms. The number of nitrogens with zero attached hydrogens (tertiary/aromatic N) is 2. The lowest BCUT2D eigenvalue weighted by atomic mass is 10.3. The Bertz CT molecular complexity index is 466. The first kappa shape index (κ1) is 12.0. The average Bonchev–Trinajstić information content (AvgIpc) is 2.83. The highest BCUT2D eigenvalue weighted by Crippen LogP contribution is 2.25. The zero-order valence-electron chi connectivity index (χ0n) is 9.03. The molecule has 0 atom stereocenters. The second-order valence-corrected chi connectivity index (χ2v) is 6.50. The van der Waals surface area contributed by atoms with Crippen LogP contribution in [0.1, 0.15) is 19.7 Å². The number of nitrogens with one attached hydrogen (secondary N) is 1. The van der Waals surface area contributed by atoms with Gasteiger partial charge in [0.2, 0.25) is 0 Å². The van der Waals surface area contributed by atoms with Gasteiger partial charge in [-0.05, 0) is 28.7 Å². The Morgan fingerprint density at radius 3 is 3.00 bits per heavy atom. The van der Waals surface area contributed by atoms with Crippen LogP contribution in [0.2, 0.25) is 0 Å². The molecule has 0 unspecified atom stereocenters. The van der Waals surface area contributed by atoms with Crippen molar-refractivity contribution in [2.75, 3.05) is 0 Å². The van der Waals surface area contributed by atoms with E-state index < -0.39 is 0 Å². The Morgan fingerprint density at radius 1 is 1.56 bits per heavy atom. The minimum atomic E-state index is 0.420. The van der Waals surface area contributed by atoms with E-state index in [4.69, 9.17) is 4.52 Å². The van der Waals surface area contributed by atoms with E-state index in [1.54, 1.807) is 11.3 Å². The molecule has 0 aromatic carbocycles. The summed E-state index contributed by atoms with van der Waals surface area (Å²) in [6, 6.07) is 2.46. The van der Waals surface area contributed by atoms with Gasteiger partial charge in [-0.1, -0.05) is 19.0 Å². The van der Waals surface area contributed by atoms with E-state index in [9.17, 15) is 0 Å². The van der Waals surface area contributed by atoms with Gasteiger partial charge in [0.1, 0.15) is 0 Å². The van der Waals surface area contributed by atoms with Gasteiger partial charge in [0, 0.05) is 11.4 Å². The molecule has 16 heavy (non-hydrogen) atoms. The molecule has 6 heteroatoms. The number of rotatable bonds is 4. The molecular weight excluding hydrogens is 337 g/mol. The number of thiophene rings is 1. The summed E-state index contributed by atoms with van der Waals surface area (Å²) >= 11 is 3.95. The van der Waals surface area contributed by atoms with E-state index in [0.717, 1.165) is 5.56 Å². The van der Waals surface area contributed by atoms with Crippen LogP contribution in [0.25, 0.3) is 11.5 Å². The van der Waals surface area contributed by atoms with Crippen LogP contribution in [-0.2, 0) is 6.54 Å². The maximum Gasteiger partial charge on any atom is 0.258 e. The zero-order valence-corrected chi connectivity index (χ0v) is 12.0. The summed E-state index contributed by atoms with van der Waals surface area (Å²) in [6.45, 7) is 4.81. The van der Waals surface area contributed by atoms with Crippen molar-refractivity contribution in [1.29, 1.82) is 0 Å². The molecule has 2 aromatic rings. The summed E-state index contributed by atoms with van der Waals surface area (Å²) in [5.74, 6) is 1.30. The van der Waals surface area contributed by atoms with E-state index in [1.807, 2.05) is 11.4 Å². The molecule has 0 saturated heterocycles. The molecule has 0 amide bonds. The highest BCUT2D eigenvalue weighted by atomic mass is 127. The first-order valence-electron chi connectivity index (χ1n) is 4.95. The Labute approximate surface area is 112 Å². The number of hydrogen-bond acceptors (Lipinski definition) is 5. The molecule has 1 N–H and O–H groups in total. The molecule has 0 bridgehead atoms. The maximum atomic E-state index is 5.20. The smallest absolute Gasteiger partial charge is 0.258 e. The average molecular weight is 349 g/mol. The van der Waals surface area contributed by atoms with Gasteiger partial charge in [-0.25, -0.2) is 0 Å². The molecule has 4 nitrogen and oxygen atoms in total. The third kappa shape index (κ3) is 3.02. The van der Waals surface area contributed by atoms with Gasteiger partial charge in [-0.15, -0.1) is 11.3 Å². The van der Waals surface area contributed by atoms with Crippen LogP contribution in [0.15, 0.2) is 16.0 Å². The Morgan fingerprint density at radius 2 is 2.38 bits per heavy atom. The van der Waals surface area contributed by atoms with Gasteiger partial charge in [0.25, 0.3) is 5.89 Å². The van der Waals surface area contributed by atoms with E-state index in [-0.39, 0.29) is 0 Å². The fourth-order valence-electron chi connectivity index (χ4n) is 1.16. The zero-order chi connectivity index (χ0) is 11.5. The second kappa shape index (κ2) is 5.24. The molecular formula is C10H12IN3OS. The number of hydrogen-bond donors (Lipinski definition) is 1. The third-order valence-corrected chi connectivity index (χ3v) is 3.74. The highest BCUT2D eigenvalue weighted by Gasteiger charge is 2.10. The van der Waals surface area contributed by atoms with Crippen LogP contribution in [0, 0.1) is 2.88 Å². The molecule has 0 aliphatic carbocycles. The first-order chi connectivity index (χ1) is 7.65. The van der Waals surface area contributed by atoms with Crippen molar-refractivity contribution in [2.45, 2.75) is 26.4 Å². The molecule has 0 radical (unpaired) electrons. The van der Waals surface area contributed by atoms with Crippen molar-refractivity contribution < 1.29 is 4.52 Å². The molecule has 2 heterocycles. The van der Waals surface area contributed by atoms with Gasteiger partial charge in [0.05, 0.1) is 15.0 Å². The van der Waals surface area contributed by atoms with Crippen molar-refractivity contribution in [3.63, 3.8) is 0 Å². The van der Waals surface area contributed by atoms with E-state index in [1.165, 1.54) is 2.88 Å². The standard InChI is InChI=1S/C10H12IN3OS/c1-6(2)12-4-9-13-10(15-14-9)7-3-8(11)16-5-7/h3,5-6,12H,4H2,1-2H3. The number of aromatic nitrogens is 2. The van der Waals surface area contributed by atoms with Gasteiger partial charge in [-0.3, -0.25) is 0 Å². The minimum absolute atomic E-state index is 0.420. The van der Waals surface area contributed by atoms with Gasteiger partial charge in [-0.2, -0.15) is 4.98 Å². The van der Waals surface area contributed by atoms with E-state index >= 15 is 0 Å². The first-order valence-corrected chi connectivity index (χ1v) is 6.91. The lowest BCUT2D eigenvalue weighted by molar-refractivity contribution is 0.417. The normalized spacial score (nSPS) is 11.2. The van der Waals surface area contributed by atoms with Crippen LogP contribution < -0.4 is 5.32 Å². The molecule has 0 fully saturated rings. The predicted octanol–water partition coefficient (Wildman–Crippen LogP) is 2.90. The van der Waals surface area contributed by atoms with Crippen molar-refractivity contribution in [3.8, 4) is 11.5 Å². The largest absolute Gasteiger partial charge is 0.334 e. The quantitative estimate of drug-likeness (QED) is 0.863. The van der Waals surface area contributed by atoms with Crippen LogP contribution in [0.3, 0.4) is 0 Å². The monoisotopic (exact) mass is 349 g/mol. The molecule has 86 valence electrons. The molecule has 2 aromatic heterocycles. The van der Waals surface area contributed by atoms with Crippen LogP contribution in [-0.4, -0.2) is 16.2 Å². The summed E-state index contributed by atoms with van der Waals surface area (Å²) in [4.78, 5) is 4.33. The van der Waals surface area contributed by atoms with Gasteiger partial charge >= 0.3 is 0 Å². The summed E-state index contributed by atoms with van der Waals surface area (Å²) in [5, 5.41) is 9.20. The fourth-order valence-corrected chi connectivity index (χ4v) is 2.48. The van der Waals surface area contributed by atoms with Crippen molar-refractivity contribution >= 4 is 33.9 Å². The lowest BCUT2D eigenvalue weighted by Gasteiger charge is -2.02. The highest BCUT2D eigenvalue weighted by molar-refractivity contribution is 14.1. The molecule has 0 aliphatic heterocycles. The summed E-state index contributed by atoms with van der Waals surface area (Å²) in [7, 11) is 0. The summed E-state index contributed by atoms with van der Waals surface area (Å²) < 4.78 is 6.41. The predicted molar refractivity (Wildman–Crippen MR) is 72.3 cm³/mol. The van der Waals surface area contributed by atoms with Gasteiger partial charge in [0.15, 0.2) is 5.82 Å². The topological polar surface area (TPSA) is 51.0 Å². The van der Waals surface area contributed by atoms with Gasteiger partial charge < -0.3 is 9.84 Å². The van der Waals surface area contributed by atoms with E-state index in [2.05, 4.69) is 51.9 Å². The molecule has 0 saturated carbocycles. The van der Waals surface area contributed by atoms with E-state index in [0.29, 0.717) is 24.3 Å². The van der Waals surface area contributed by atoms with Crippen molar-refractivity contribution in [3.05, 3.63) is 20.2 Å². The van der Waals surface area contributed by atoms with Crippen molar-refractivity contribution in [2.24, 2.45) is 0 Å². The Kier molecular flexibility index (Phi) is 3.93. The van der Waals surface area contributed by atoms with Crippen LogP contribution in [0.5, 0.6) is 0 Å². The lowest BCUT2D eigenvalue weighted by Crippen LogP contribution is -2.22. The minimum Gasteiger partial charge on any atom is -0.334 e. The molecule has 0 aliphatic rings. The fraction of sp³-hybridized carbons (Fsp3) is 0.400. The molecule has 2 rings (SSSR count). The maximum absolute atomic E-state index is 5.20. The summed E-state index contributed by atoms with van der Waals surface area (Å²) in [5.41, 5.74) is 0.998. The second-order valence-electron chi connectivity index (χ2n) is 3.69. The summed E-state index contributed by atoms with van der Waals surface area (Å²) in [6.07, 6.45) is 0. The third-order valence-electron chi connectivity index (χ3n) is 1.95.